The minimum Gasteiger partial charge on any atom is -0.480 e. The molecule has 55 nitrogen and oxygen atoms in total. The summed E-state index contributed by atoms with van der Waals surface area (Å²) >= 11 is 0. The monoisotopic (exact) mass is 1860 g/mol. The van der Waals surface area contributed by atoms with Gasteiger partial charge in [0.1, 0.15) is 152 Å². The van der Waals surface area contributed by atoms with Crippen molar-refractivity contribution in [3.63, 3.8) is 0 Å². The molecule has 34 N–H and O–H groups in total. The summed E-state index contributed by atoms with van der Waals surface area (Å²) in [7, 11) is 0. The summed E-state index contributed by atoms with van der Waals surface area (Å²) in [4.78, 5) is 232. The van der Waals surface area contributed by atoms with E-state index in [1.807, 2.05) is 0 Å². The smallest absolute Gasteiger partial charge is 0.326 e. The van der Waals surface area contributed by atoms with Gasteiger partial charge in [-0.25, -0.2) is 4.79 Å². The highest BCUT2D eigenvalue weighted by Crippen LogP contribution is 2.34. The summed E-state index contributed by atoms with van der Waals surface area (Å²) in [5.74, 6) is -18.0. The number of nitrogens with two attached hydrogens (primary N) is 5. The fraction of sp³-hybridized carbons (Fsp3) is 0.757. The van der Waals surface area contributed by atoms with E-state index in [9.17, 15) is 142 Å². The molecule has 4 fully saturated rings. The topological polar surface area (TPSA) is 890 Å². The van der Waals surface area contributed by atoms with Crippen LogP contribution in [0.1, 0.15) is 132 Å². The Hall–Kier alpha value is -10.3. The van der Waals surface area contributed by atoms with Crippen molar-refractivity contribution in [2.24, 2.45) is 28.7 Å². The Morgan fingerprint density at radius 3 is 1.04 bits per heavy atom. The summed E-state index contributed by atoms with van der Waals surface area (Å²) in [6.07, 6.45) is -35.0. The second-order valence-electron chi connectivity index (χ2n) is 31.1. The Labute approximate surface area is 737 Å². The van der Waals surface area contributed by atoms with Gasteiger partial charge in [0.25, 0.3) is 0 Å². The van der Waals surface area contributed by atoms with Crippen molar-refractivity contribution < 1.29 is 180 Å². The summed E-state index contributed by atoms with van der Waals surface area (Å²) in [6.45, 7) is 4.90. The second kappa shape index (κ2) is 53.7. The number of hydrogen-bond acceptors (Lipinski definition) is 37. The number of carboxylic acid groups (broad SMARTS) is 1. The molecule has 4 saturated heterocycles. The number of ether oxygens (including phenoxy) is 8. The molecule has 0 aromatic rings. The van der Waals surface area contributed by atoms with Crippen LogP contribution in [0, 0.1) is 0 Å². The number of aliphatic hydroxyl groups excluding tert-OH is 10. The standard InChI is InChI=1S/C74H124N18O37/c1-27(82-67(115)29(3)122-59-51(86-33(7)99)71(120)124-43(25-95)57(59)128-73-49(84-31(5)97)55(107)53(105)41(23-93)126-73)65(113)90-36(62(77)110)15-17-45(101)88-38(13-9-11-19-80-47(103)21-35(75)61(76)109)69(117)92-40(64(79)112)22-48(104)81-20-12-10-14-39(70(118)119)89-46(102)18-16-37(63(78)111)91-66(114)28(2)83-68(116)30(4)123-60-52(87-34(8)100)72(121)125-44(26-96)58(60)129-74-50(85-32(6)98)56(108)54(106)42(24-94)127-74/h27-30,35-44,49-60,71-74,93-96,105-108,120-121H,9-26,75H2,1-8H3,(H2,76,109)(H2,77,110)(H2,78,111)(H2,79,112)(H,80,103)(H,81,104)(H,82,115)(H,83,116)(H,84,97)(H,85,98)(H,86,99)(H,87,100)(H,88,101)(H,89,102)(H,90,113)(H,91,114)(H,92,117)(H,118,119). The third-order valence-electron chi connectivity index (χ3n) is 20.7. The van der Waals surface area contributed by atoms with Crippen LogP contribution in [0.2, 0.25) is 0 Å². The number of nitrogens with one attached hydrogen (secondary N) is 13. The zero-order valence-electron chi connectivity index (χ0n) is 72.0. The van der Waals surface area contributed by atoms with Crippen molar-refractivity contribution >= 4 is 106 Å². The Kier molecular flexibility index (Phi) is 46.3. The highest BCUT2D eigenvalue weighted by Gasteiger charge is 2.56. The van der Waals surface area contributed by atoms with Gasteiger partial charge in [-0.1, -0.05) is 0 Å². The lowest BCUT2D eigenvalue weighted by atomic mass is 9.94. The van der Waals surface area contributed by atoms with E-state index < -0.39 is 354 Å². The molecule has 0 aromatic carbocycles. The van der Waals surface area contributed by atoms with Crippen LogP contribution in [0.5, 0.6) is 0 Å². The minimum absolute atomic E-state index is 0.00257. The van der Waals surface area contributed by atoms with E-state index in [1.165, 1.54) is 0 Å². The van der Waals surface area contributed by atoms with E-state index >= 15 is 0 Å². The summed E-state index contributed by atoms with van der Waals surface area (Å²) < 4.78 is 46.6. The van der Waals surface area contributed by atoms with Crippen molar-refractivity contribution in [2.75, 3.05) is 39.5 Å². The lowest BCUT2D eigenvalue weighted by molar-refractivity contribution is -0.333. The number of aliphatic carboxylic acids is 1. The Morgan fingerprint density at radius 2 is 0.698 bits per heavy atom. The van der Waals surface area contributed by atoms with Crippen LogP contribution in [0.3, 0.4) is 0 Å². The van der Waals surface area contributed by atoms with Crippen molar-refractivity contribution in [3.05, 3.63) is 0 Å². The van der Waals surface area contributed by atoms with Crippen LogP contribution in [0.4, 0.5) is 0 Å². The number of unbranched alkanes of at least 4 members (excludes halogenated alkanes) is 2. The van der Waals surface area contributed by atoms with Crippen LogP contribution in [0.15, 0.2) is 0 Å². The zero-order valence-corrected chi connectivity index (χ0v) is 72.0. The molecule has 4 aliphatic rings. The maximum atomic E-state index is 14.0. The first-order valence-electron chi connectivity index (χ1n) is 41.1. The van der Waals surface area contributed by atoms with Gasteiger partial charge >= 0.3 is 5.97 Å². The molecule has 30 atom stereocenters. The van der Waals surface area contributed by atoms with Gasteiger partial charge in [0.2, 0.25) is 100 Å². The number of amides is 17. The lowest BCUT2D eigenvalue weighted by Gasteiger charge is -2.48. The summed E-state index contributed by atoms with van der Waals surface area (Å²) in [6, 6.07) is -19.0. The molecule has 0 saturated carbocycles. The molecule has 17 amide bonds. The Bertz CT molecular complexity index is 3840. The maximum Gasteiger partial charge on any atom is 0.326 e. The molecule has 129 heavy (non-hydrogen) atoms. The van der Waals surface area contributed by atoms with Crippen LogP contribution < -0.4 is 97.8 Å². The van der Waals surface area contributed by atoms with Gasteiger partial charge in [0.15, 0.2) is 25.2 Å². The molecule has 0 radical (unpaired) electrons. The summed E-state index contributed by atoms with van der Waals surface area (Å²) in [5, 5.41) is 146. The molecular formula is C74H124N18O37. The van der Waals surface area contributed by atoms with Crippen LogP contribution in [0.25, 0.3) is 0 Å². The number of carboxylic acids is 1. The first kappa shape index (κ1) is 111. The van der Waals surface area contributed by atoms with Gasteiger partial charge in [-0.05, 0) is 79.1 Å². The minimum atomic E-state index is -1.97. The van der Waals surface area contributed by atoms with Gasteiger partial charge in [-0.2, -0.15) is 0 Å². The molecule has 4 aliphatic heterocycles. The third kappa shape index (κ3) is 35.2. The predicted molar refractivity (Wildman–Crippen MR) is 429 cm³/mol. The molecular weight excluding hydrogens is 1730 g/mol. The molecule has 0 aliphatic carbocycles. The van der Waals surface area contributed by atoms with Gasteiger partial charge in [-0.3, -0.25) is 81.5 Å². The quantitative estimate of drug-likeness (QED) is 0.0252. The molecule has 0 spiro atoms. The van der Waals surface area contributed by atoms with Gasteiger partial charge in [0.05, 0.1) is 45.3 Å². The predicted octanol–water partition coefficient (Wildman–Crippen LogP) is -16.7. The van der Waals surface area contributed by atoms with E-state index in [-0.39, 0.29) is 51.6 Å². The van der Waals surface area contributed by atoms with E-state index in [0.717, 1.165) is 55.4 Å². The van der Waals surface area contributed by atoms with E-state index in [0.29, 0.717) is 0 Å². The lowest BCUT2D eigenvalue weighted by Crippen LogP contribution is -2.70. The highest BCUT2D eigenvalue weighted by atomic mass is 16.7. The number of aliphatic hydroxyl groups is 10. The fourth-order valence-corrected chi connectivity index (χ4v) is 13.7. The fourth-order valence-electron chi connectivity index (χ4n) is 13.7. The summed E-state index contributed by atoms with van der Waals surface area (Å²) in [5.41, 5.74) is 27.5. The van der Waals surface area contributed by atoms with Gasteiger partial charge in [-0.15, -0.1) is 0 Å². The molecule has 30 unspecified atom stereocenters. The van der Waals surface area contributed by atoms with Crippen molar-refractivity contribution in [3.8, 4) is 0 Å². The second-order valence-corrected chi connectivity index (χ2v) is 31.1. The molecule has 4 rings (SSSR count). The van der Waals surface area contributed by atoms with E-state index in [2.05, 4.69) is 69.1 Å². The van der Waals surface area contributed by atoms with Crippen molar-refractivity contribution in [1.82, 2.24) is 69.1 Å². The number of carbonyl (C=O) groups is 18. The first-order valence-corrected chi connectivity index (χ1v) is 41.1. The Balaban J connectivity index is 1.35. The third-order valence-corrected chi connectivity index (χ3v) is 20.7. The van der Waals surface area contributed by atoms with Crippen LogP contribution in [-0.4, -0.2) is 385 Å². The van der Waals surface area contributed by atoms with Crippen molar-refractivity contribution in [2.45, 2.75) is 316 Å². The maximum absolute atomic E-state index is 14.0. The normalized spacial score (nSPS) is 27.8. The number of primary amides is 4. The van der Waals surface area contributed by atoms with Gasteiger partial charge in [0, 0.05) is 53.6 Å². The SMILES string of the molecule is CC(=O)NC1C(OC2C(CO)OC(O)C(NC(C)=O)C2OC(C)C(=O)NC(C)C(=O)NC(CCC(=O)NC(CCCCNC(=O)CC(NC(=O)C(CCCCNC(=O)CC(N)C(N)=O)NC(=O)CCC(NC(=O)C(C)NC(=O)C(C)OC2C(NC(C)=O)C(O)OC(CO)C2OC2OC(CO)C(O)C(O)C2NC(C)=O)C(N)=O)C(N)=O)C(=O)O)C(N)=O)OC(CO)C(O)C1O. The molecule has 0 bridgehead atoms. The average Bonchev–Trinajstić information content (AvgIpc) is 0.775. The molecule has 0 aromatic heterocycles. The molecule has 732 valence electrons. The number of carbonyl (C=O) groups excluding carboxylic acids is 17. The number of hydrogen-bond donors (Lipinski definition) is 29. The molecule has 4 heterocycles. The largest absolute Gasteiger partial charge is 0.480 e. The highest BCUT2D eigenvalue weighted by molar-refractivity contribution is 5.96. The zero-order chi connectivity index (χ0) is 97.3. The Morgan fingerprint density at radius 1 is 0.357 bits per heavy atom. The van der Waals surface area contributed by atoms with E-state index in [4.69, 9.17) is 66.6 Å². The van der Waals surface area contributed by atoms with Crippen LogP contribution in [-0.2, 0) is 124 Å². The van der Waals surface area contributed by atoms with Gasteiger partial charge < -0.3 is 192 Å². The first-order chi connectivity index (χ1) is 60.5. The average molecular weight is 1860 g/mol. The molecule has 55 heteroatoms. The van der Waals surface area contributed by atoms with E-state index in [1.54, 1.807) is 0 Å². The number of rotatable bonds is 53. The van der Waals surface area contributed by atoms with Crippen molar-refractivity contribution in [1.29, 1.82) is 0 Å². The van der Waals surface area contributed by atoms with Crippen LogP contribution >= 0.6 is 0 Å².